The van der Waals surface area contributed by atoms with Crippen LogP contribution in [0.25, 0.3) is 27.5 Å². The zero-order chi connectivity index (χ0) is 30.1. The normalized spacial score (nSPS) is 13.7. The molecule has 1 saturated carbocycles. The number of hydrogen-bond donors (Lipinski definition) is 0. The van der Waals surface area contributed by atoms with Gasteiger partial charge in [0.1, 0.15) is 5.82 Å². The number of ether oxygens (including phenoxy) is 1. The molecule has 43 heavy (non-hydrogen) atoms. The highest BCUT2D eigenvalue weighted by Crippen LogP contribution is 2.39. The van der Waals surface area contributed by atoms with Gasteiger partial charge in [-0.15, -0.1) is 11.3 Å². The van der Waals surface area contributed by atoms with E-state index in [9.17, 15) is 17.9 Å². The van der Waals surface area contributed by atoms with Crippen LogP contribution in [0.4, 0.5) is 4.39 Å². The molecule has 0 saturated heterocycles. The number of esters is 1. The second-order valence-electron chi connectivity index (χ2n) is 10.7. The van der Waals surface area contributed by atoms with Crippen molar-refractivity contribution in [1.29, 1.82) is 0 Å². The largest absolute Gasteiger partial charge is 0.768 e. The molecule has 5 aromatic rings. The van der Waals surface area contributed by atoms with Gasteiger partial charge in [0.05, 0.1) is 22.9 Å². The van der Waals surface area contributed by atoms with E-state index in [1.807, 2.05) is 16.8 Å². The summed E-state index contributed by atoms with van der Waals surface area (Å²) in [6.07, 6.45) is 3.30. The van der Waals surface area contributed by atoms with E-state index in [2.05, 4.69) is 48.3 Å². The molecule has 0 N–H and O–H groups in total. The van der Waals surface area contributed by atoms with Crippen molar-refractivity contribution >= 4 is 28.4 Å². The fourth-order valence-electron chi connectivity index (χ4n) is 5.11. The molecule has 0 bridgehead atoms. The lowest BCUT2D eigenvalue weighted by molar-refractivity contribution is 0.0520. The van der Waals surface area contributed by atoms with Gasteiger partial charge in [-0.2, -0.15) is 5.10 Å². The predicted molar refractivity (Wildman–Crippen MR) is 164 cm³/mol. The van der Waals surface area contributed by atoms with Crippen LogP contribution >= 0.6 is 11.3 Å². The summed E-state index contributed by atoms with van der Waals surface area (Å²) in [5.74, 6) is -0.783. The van der Waals surface area contributed by atoms with Crippen molar-refractivity contribution in [2.45, 2.75) is 44.4 Å². The summed E-state index contributed by atoms with van der Waals surface area (Å²) in [5, 5.41) is 7.30. The zero-order valence-corrected chi connectivity index (χ0v) is 25.3. The lowest BCUT2D eigenvalue weighted by Gasteiger charge is -2.11. The second-order valence-corrected chi connectivity index (χ2v) is 12.4. The van der Waals surface area contributed by atoms with E-state index in [4.69, 9.17) is 9.84 Å². The number of aryl methyl sites for hydroxylation is 1. The van der Waals surface area contributed by atoms with Crippen molar-refractivity contribution in [2.24, 2.45) is 5.92 Å². The molecular weight excluding hydrogens is 586 g/mol. The van der Waals surface area contributed by atoms with Gasteiger partial charge in [0, 0.05) is 22.9 Å². The van der Waals surface area contributed by atoms with Crippen LogP contribution in [0.15, 0.2) is 77.0 Å². The van der Waals surface area contributed by atoms with E-state index in [1.54, 1.807) is 18.4 Å². The van der Waals surface area contributed by atoms with Gasteiger partial charge in [-0.1, -0.05) is 54.1 Å². The van der Waals surface area contributed by atoms with Crippen molar-refractivity contribution in [2.75, 3.05) is 6.61 Å². The van der Waals surface area contributed by atoms with E-state index in [-0.39, 0.29) is 17.2 Å². The average Bonchev–Trinajstić information content (AvgIpc) is 3.56. The molecule has 0 amide bonds. The molecule has 1 fully saturated rings. The van der Waals surface area contributed by atoms with Crippen molar-refractivity contribution in [3.8, 4) is 27.5 Å². The maximum atomic E-state index is 14.8. The fourth-order valence-corrected chi connectivity index (χ4v) is 6.28. The summed E-state index contributed by atoms with van der Waals surface area (Å²) >= 11 is -1.36. The van der Waals surface area contributed by atoms with Crippen LogP contribution in [-0.2, 0) is 28.7 Å². The summed E-state index contributed by atoms with van der Waals surface area (Å²) in [6.45, 7) is 4.05. The number of carbonyl (C=O) groups excluding carboxylic acids is 1. The standard InChI is InChI=1S/C33H30FN3O4S2/c1-3-41-32(38)28-19-42-33(35-28)37-29(17-21-9-10-21)26(15-22-11-14-30(43(39)40)27(34)16-22)31(36-37)25-6-4-5-24(18-25)23-12-7-20(2)8-13-23/h4-8,11-14,16,18-19,21H,3,9-10,15,17H2,1-2H3,(H,39,40)/p-1. The number of rotatable bonds is 10. The van der Waals surface area contributed by atoms with Gasteiger partial charge < -0.3 is 9.29 Å². The Balaban J connectivity index is 1.50. The molecule has 1 aliphatic rings. The van der Waals surface area contributed by atoms with Crippen molar-refractivity contribution in [1.82, 2.24) is 14.8 Å². The van der Waals surface area contributed by atoms with Crippen molar-refractivity contribution < 1.29 is 22.7 Å². The highest BCUT2D eigenvalue weighted by molar-refractivity contribution is 7.79. The highest BCUT2D eigenvalue weighted by atomic mass is 32.2. The first kappa shape index (κ1) is 29.1. The maximum Gasteiger partial charge on any atom is 0.357 e. The van der Waals surface area contributed by atoms with Crippen LogP contribution < -0.4 is 0 Å². The van der Waals surface area contributed by atoms with Gasteiger partial charge in [0.2, 0.25) is 5.13 Å². The molecule has 1 aliphatic carbocycles. The summed E-state index contributed by atoms with van der Waals surface area (Å²) in [4.78, 5) is 16.6. The topological polar surface area (TPSA) is 97.1 Å². The Kier molecular flexibility index (Phi) is 8.34. The second kappa shape index (κ2) is 12.3. The Bertz CT molecular complexity index is 1830. The number of carbonyl (C=O) groups is 1. The quantitative estimate of drug-likeness (QED) is 0.123. The van der Waals surface area contributed by atoms with Crippen molar-refractivity contribution in [3.05, 3.63) is 106 Å². The molecule has 1 unspecified atom stereocenters. The lowest BCUT2D eigenvalue weighted by Crippen LogP contribution is -2.08. The van der Waals surface area contributed by atoms with Gasteiger partial charge in [-0.05, 0) is 85.0 Å². The molecule has 10 heteroatoms. The molecule has 0 aliphatic heterocycles. The molecule has 2 aromatic heterocycles. The number of hydrogen-bond acceptors (Lipinski definition) is 7. The first-order valence-electron chi connectivity index (χ1n) is 14.1. The molecule has 6 rings (SSSR count). The molecule has 3 aromatic carbocycles. The predicted octanol–water partition coefficient (Wildman–Crippen LogP) is 7.07. The van der Waals surface area contributed by atoms with E-state index >= 15 is 0 Å². The average molecular weight is 615 g/mol. The zero-order valence-electron chi connectivity index (χ0n) is 23.7. The number of nitrogens with zero attached hydrogens (tertiary/aromatic N) is 3. The van der Waals surface area contributed by atoms with Crippen LogP contribution in [0.3, 0.4) is 0 Å². The Morgan fingerprint density at radius 2 is 1.86 bits per heavy atom. The van der Waals surface area contributed by atoms with Gasteiger partial charge >= 0.3 is 5.97 Å². The highest BCUT2D eigenvalue weighted by Gasteiger charge is 2.29. The van der Waals surface area contributed by atoms with E-state index in [0.29, 0.717) is 23.0 Å². The van der Waals surface area contributed by atoms with Crippen LogP contribution in [0.1, 0.15) is 52.6 Å². The van der Waals surface area contributed by atoms with Gasteiger partial charge in [0.25, 0.3) is 0 Å². The Labute approximate surface area is 255 Å². The van der Waals surface area contributed by atoms with Crippen LogP contribution in [0.2, 0.25) is 0 Å². The summed E-state index contributed by atoms with van der Waals surface area (Å²) in [6, 6.07) is 20.7. The number of thiazole rings is 1. The minimum absolute atomic E-state index is 0.225. The first-order chi connectivity index (χ1) is 20.8. The minimum atomic E-state index is -2.67. The first-order valence-corrected chi connectivity index (χ1v) is 16.0. The van der Waals surface area contributed by atoms with Gasteiger partial charge in [0.15, 0.2) is 5.69 Å². The van der Waals surface area contributed by atoms with E-state index < -0.39 is 22.9 Å². The number of aromatic nitrogens is 3. The third-order valence-corrected chi connectivity index (χ3v) is 9.01. The van der Waals surface area contributed by atoms with Gasteiger partial charge in [-0.3, -0.25) is 4.21 Å². The van der Waals surface area contributed by atoms with Crippen LogP contribution in [0.5, 0.6) is 0 Å². The third kappa shape index (κ3) is 6.36. The molecule has 7 nitrogen and oxygen atoms in total. The summed E-state index contributed by atoms with van der Waals surface area (Å²) in [5.41, 5.74) is 7.63. The third-order valence-electron chi connectivity index (χ3n) is 7.50. The summed E-state index contributed by atoms with van der Waals surface area (Å²) < 4.78 is 44.6. The monoisotopic (exact) mass is 614 g/mol. The fraction of sp³-hybridized carbons (Fsp3) is 0.242. The smallest absolute Gasteiger partial charge is 0.357 e. The number of benzene rings is 3. The number of halogens is 1. The van der Waals surface area contributed by atoms with Crippen molar-refractivity contribution in [3.63, 3.8) is 0 Å². The SMILES string of the molecule is CCOC(=O)c1csc(-n2nc(-c3cccc(-c4ccc(C)cc4)c3)c(Cc3ccc(S(=O)[O-])c(F)c3)c2CC2CC2)n1. The molecule has 0 spiro atoms. The Hall–Kier alpha value is -3.99. The van der Waals surface area contributed by atoms with E-state index in [0.717, 1.165) is 52.9 Å². The molecule has 0 radical (unpaired) electrons. The lowest BCUT2D eigenvalue weighted by atomic mass is 9.95. The molecule has 1 atom stereocenters. The summed E-state index contributed by atoms with van der Waals surface area (Å²) in [7, 11) is 0. The van der Waals surface area contributed by atoms with Crippen LogP contribution in [0, 0.1) is 18.7 Å². The van der Waals surface area contributed by atoms with Gasteiger partial charge in [-0.25, -0.2) is 18.9 Å². The minimum Gasteiger partial charge on any atom is -0.768 e. The molecule has 2 heterocycles. The molecular formula is C33H29FN3O4S2-. The maximum absolute atomic E-state index is 14.8. The van der Waals surface area contributed by atoms with Crippen LogP contribution in [-0.4, -0.2) is 36.1 Å². The Morgan fingerprint density at radius 3 is 2.56 bits per heavy atom. The van der Waals surface area contributed by atoms with E-state index in [1.165, 1.54) is 29.0 Å². The molecule has 220 valence electrons. The Morgan fingerprint density at radius 1 is 1.09 bits per heavy atom.